The molecule has 2 fully saturated rings. The molecule has 0 aromatic carbocycles. The normalized spacial score (nSPS) is 23.6. The Morgan fingerprint density at radius 2 is 2.00 bits per heavy atom. The third-order valence-corrected chi connectivity index (χ3v) is 5.23. The second-order valence-corrected chi connectivity index (χ2v) is 6.92. The minimum absolute atomic E-state index is 0.00830. The van der Waals surface area contributed by atoms with Crippen LogP contribution >= 0.6 is 0 Å². The van der Waals surface area contributed by atoms with Crippen molar-refractivity contribution >= 4 is 5.91 Å². The van der Waals surface area contributed by atoms with Gasteiger partial charge in [-0.3, -0.25) is 9.69 Å². The number of aliphatic hydroxyl groups is 1. The van der Waals surface area contributed by atoms with Crippen LogP contribution in [-0.4, -0.2) is 74.4 Å². The lowest BCUT2D eigenvalue weighted by molar-refractivity contribution is -0.130. The van der Waals surface area contributed by atoms with E-state index in [4.69, 9.17) is 5.73 Å². The van der Waals surface area contributed by atoms with Crippen LogP contribution in [0.4, 0.5) is 0 Å². The number of aliphatic hydroxyl groups excluding tert-OH is 1. The van der Waals surface area contributed by atoms with Crippen molar-refractivity contribution in [3.8, 4) is 0 Å². The van der Waals surface area contributed by atoms with Crippen LogP contribution in [0, 0.1) is 0 Å². The van der Waals surface area contributed by atoms with E-state index in [1.54, 1.807) is 0 Å². The van der Waals surface area contributed by atoms with Gasteiger partial charge in [0.1, 0.15) is 11.6 Å². The van der Waals surface area contributed by atoms with Crippen LogP contribution in [-0.2, 0) is 18.4 Å². The standard InChI is InChI=1S/C16H28N6O2/c1-20-14(11-21-7-4-13(23)5-8-21)18-19-16(20)12-3-2-6-22(10-12)15(24)9-17/h12-13,23H,2-11,17H2,1H3/t12-/m1/s1. The summed E-state index contributed by atoms with van der Waals surface area (Å²) in [6.07, 6.45) is 3.48. The van der Waals surface area contributed by atoms with Crippen LogP contribution in [0.2, 0.25) is 0 Å². The molecule has 0 unspecified atom stereocenters. The fourth-order valence-electron chi connectivity index (χ4n) is 3.69. The monoisotopic (exact) mass is 336 g/mol. The van der Waals surface area contributed by atoms with Crippen molar-refractivity contribution in [3.05, 3.63) is 11.6 Å². The molecule has 0 bridgehead atoms. The minimum atomic E-state index is -0.162. The lowest BCUT2D eigenvalue weighted by atomic mass is 9.97. The molecular formula is C16H28N6O2. The largest absolute Gasteiger partial charge is 0.393 e. The summed E-state index contributed by atoms with van der Waals surface area (Å²) >= 11 is 0. The van der Waals surface area contributed by atoms with Crippen LogP contribution in [0.15, 0.2) is 0 Å². The highest BCUT2D eigenvalue weighted by Gasteiger charge is 2.28. The molecule has 0 spiro atoms. The Labute approximate surface area is 142 Å². The molecule has 1 amide bonds. The molecular weight excluding hydrogens is 308 g/mol. The Morgan fingerprint density at radius 3 is 2.71 bits per heavy atom. The van der Waals surface area contributed by atoms with Gasteiger partial charge in [-0.2, -0.15) is 0 Å². The summed E-state index contributed by atoms with van der Waals surface area (Å²) in [6, 6.07) is 0. The number of carbonyl (C=O) groups is 1. The third-order valence-electron chi connectivity index (χ3n) is 5.23. The van der Waals surface area contributed by atoms with E-state index in [2.05, 4.69) is 19.7 Å². The lowest BCUT2D eigenvalue weighted by Gasteiger charge is -2.32. The average molecular weight is 336 g/mol. The van der Waals surface area contributed by atoms with Crippen molar-refractivity contribution in [1.82, 2.24) is 24.6 Å². The van der Waals surface area contributed by atoms with E-state index in [1.807, 2.05) is 11.9 Å². The Bertz CT molecular complexity index is 567. The summed E-state index contributed by atoms with van der Waals surface area (Å²) in [6.45, 7) is 4.08. The van der Waals surface area contributed by atoms with Gasteiger partial charge in [-0.1, -0.05) is 0 Å². The fraction of sp³-hybridized carbons (Fsp3) is 0.812. The van der Waals surface area contributed by atoms with Crippen molar-refractivity contribution in [3.63, 3.8) is 0 Å². The molecule has 1 aromatic heterocycles. The Balaban J connectivity index is 1.65. The van der Waals surface area contributed by atoms with Gasteiger partial charge < -0.3 is 20.3 Å². The summed E-state index contributed by atoms with van der Waals surface area (Å²) in [7, 11) is 2.01. The summed E-state index contributed by atoms with van der Waals surface area (Å²) in [4.78, 5) is 16.0. The summed E-state index contributed by atoms with van der Waals surface area (Å²) in [5.41, 5.74) is 5.49. The molecule has 2 aliphatic heterocycles. The number of rotatable bonds is 4. The van der Waals surface area contributed by atoms with Gasteiger partial charge in [-0.25, -0.2) is 0 Å². The molecule has 0 aliphatic carbocycles. The maximum absolute atomic E-state index is 11.9. The first-order valence-corrected chi connectivity index (χ1v) is 8.85. The minimum Gasteiger partial charge on any atom is -0.393 e. The predicted octanol–water partition coefficient (Wildman–Crippen LogP) is -0.563. The van der Waals surface area contributed by atoms with Crippen molar-refractivity contribution < 1.29 is 9.90 Å². The highest BCUT2D eigenvalue weighted by Crippen LogP contribution is 2.26. The van der Waals surface area contributed by atoms with E-state index < -0.39 is 0 Å². The number of hydrogen-bond donors (Lipinski definition) is 2. The number of nitrogens with two attached hydrogens (primary N) is 1. The molecule has 134 valence electrons. The fourth-order valence-corrected chi connectivity index (χ4v) is 3.69. The van der Waals surface area contributed by atoms with Crippen LogP contribution in [0.25, 0.3) is 0 Å². The smallest absolute Gasteiger partial charge is 0.236 e. The first kappa shape index (κ1) is 17.3. The molecule has 2 saturated heterocycles. The highest BCUT2D eigenvalue weighted by molar-refractivity contribution is 5.78. The zero-order valence-corrected chi connectivity index (χ0v) is 14.4. The molecule has 24 heavy (non-hydrogen) atoms. The predicted molar refractivity (Wildman–Crippen MR) is 89.1 cm³/mol. The van der Waals surface area contributed by atoms with Crippen molar-refractivity contribution in [2.24, 2.45) is 12.8 Å². The number of amides is 1. The van der Waals surface area contributed by atoms with E-state index in [-0.39, 0.29) is 24.5 Å². The van der Waals surface area contributed by atoms with Crippen molar-refractivity contribution in [2.75, 3.05) is 32.7 Å². The van der Waals surface area contributed by atoms with E-state index in [0.717, 1.165) is 63.5 Å². The van der Waals surface area contributed by atoms with Crippen molar-refractivity contribution in [2.45, 2.75) is 44.2 Å². The van der Waals surface area contributed by atoms with Gasteiger partial charge >= 0.3 is 0 Å². The van der Waals surface area contributed by atoms with Crippen molar-refractivity contribution in [1.29, 1.82) is 0 Å². The maximum Gasteiger partial charge on any atom is 0.236 e. The van der Waals surface area contributed by atoms with Crippen LogP contribution in [0.5, 0.6) is 0 Å². The molecule has 1 aromatic rings. The number of piperidine rings is 2. The summed E-state index contributed by atoms with van der Waals surface area (Å²) < 4.78 is 2.08. The van der Waals surface area contributed by atoms with Crippen LogP contribution in [0.3, 0.4) is 0 Å². The zero-order valence-electron chi connectivity index (χ0n) is 14.4. The molecule has 3 N–H and O–H groups in total. The first-order chi connectivity index (χ1) is 11.6. The van der Waals surface area contributed by atoms with E-state index in [1.165, 1.54) is 0 Å². The molecule has 2 aliphatic rings. The average Bonchev–Trinajstić information content (AvgIpc) is 2.97. The Hall–Kier alpha value is -1.51. The highest BCUT2D eigenvalue weighted by atomic mass is 16.3. The number of hydrogen-bond acceptors (Lipinski definition) is 6. The zero-order chi connectivity index (χ0) is 17.1. The van der Waals surface area contributed by atoms with Gasteiger partial charge in [0.15, 0.2) is 0 Å². The van der Waals surface area contributed by atoms with Gasteiger partial charge in [0.25, 0.3) is 0 Å². The Morgan fingerprint density at radius 1 is 1.25 bits per heavy atom. The third kappa shape index (κ3) is 3.76. The van der Waals surface area contributed by atoms with Crippen LogP contribution in [0.1, 0.15) is 43.3 Å². The Kier molecular flexibility index (Phi) is 5.47. The number of aromatic nitrogens is 3. The molecule has 3 rings (SSSR count). The van der Waals surface area contributed by atoms with Gasteiger partial charge in [0.2, 0.25) is 5.91 Å². The van der Waals surface area contributed by atoms with E-state index >= 15 is 0 Å². The second-order valence-electron chi connectivity index (χ2n) is 6.92. The summed E-state index contributed by atoms with van der Waals surface area (Å²) in [5.74, 6) is 2.14. The SMILES string of the molecule is Cn1c(CN2CCC(O)CC2)nnc1[C@@H]1CCCN(C(=O)CN)C1. The first-order valence-electron chi connectivity index (χ1n) is 8.85. The van der Waals surface area contributed by atoms with Gasteiger partial charge in [-0.05, 0) is 25.7 Å². The molecule has 0 radical (unpaired) electrons. The quantitative estimate of drug-likeness (QED) is 0.764. The molecule has 8 nitrogen and oxygen atoms in total. The lowest BCUT2D eigenvalue weighted by Crippen LogP contribution is -2.42. The summed E-state index contributed by atoms with van der Waals surface area (Å²) in [5, 5.41) is 18.4. The maximum atomic E-state index is 11.9. The van der Waals surface area contributed by atoms with E-state index in [0.29, 0.717) is 6.54 Å². The molecule has 8 heteroatoms. The molecule has 1 atom stereocenters. The number of nitrogens with zero attached hydrogens (tertiary/aromatic N) is 5. The second kappa shape index (κ2) is 7.58. The number of carbonyl (C=O) groups excluding carboxylic acids is 1. The topological polar surface area (TPSA) is 101 Å². The molecule has 0 saturated carbocycles. The van der Waals surface area contributed by atoms with Gasteiger partial charge in [0, 0.05) is 39.1 Å². The van der Waals surface area contributed by atoms with Gasteiger partial charge in [0.05, 0.1) is 19.2 Å². The van der Waals surface area contributed by atoms with Crippen LogP contribution < -0.4 is 5.73 Å². The van der Waals surface area contributed by atoms with Gasteiger partial charge in [-0.15, -0.1) is 10.2 Å². The molecule has 3 heterocycles. The number of likely N-dealkylation sites (tertiary alicyclic amines) is 2. The van der Waals surface area contributed by atoms with E-state index in [9.17, 15) is 9.90 Å².